The van der Waals surface area contributed by atoms with E-state index in [1.807, 2.05) is 91.0 Å². The van der Waals surface area contributed by atoms with Crippen molar-refractivity contribution in [3.8, 4) is 11.8 Å². The average molecular weight is 515 g/mol. The first kappa shape index (κ1) is 28.6. The molecule has 3 rings (SSSR count). The fourth-order valence-electron chi connectivity index (χ4n) is 3.35. The zero-order valence-electron chi connectivity index (χ0n) is 22.6. The molecule has 0 aliphatic rings. The fourth-order valence-corrected chi connectivity index (χ4v) is 4.36. The normalized spacial score (nSPS) is 13.3. The second-order valence-corrected chi connectivity index (χ2v) is 15.4. The van der Waals surface area contributed by atoms with Crippen LogP contribution in [0, 0.1) is 11.8 Å². The van der Waals surface area contributed by atoms with Crippen LogP contribution in [-0.2, 0) is 31.9 Å². The number of carbonyl (C=O) groups is 1. The van der Waals surface area contributed by atoms with Gasteiger partial charge in [-0.25, -0.2) is 0 Å². The van der Waals surface area contributed by atoms with Crippen molar-refractivity contribution >= 4 is 14.1 Å². The topological polar surface area (TPSA) is 44.8 Å². The van der Waals surface area contributed by atoms with Crippen LogP contribution in [-0.4, -0.2) is 32.9 Å². The van der Waals surface area contributed by atoms with Crippen molar-refractivity contribution in [2.75, 3.05) is 6.61 Å². The first-order valence-corrected chi connectivity index (χ1v) is 15.6. The van der Waals surface area contributed by atoms with Gasteiger partial charge < -0.3 is 13.9 Å². The number of benzene rings is 3. The van der Waals surface area contributed by atoms with Crippen molar-refractivity contribution in [2.24, 2.45) is 0 Å². The summed E-state index contributed by atoms with van der Waals surface area (Å²) >= 11 is 0. The maximum absolute atomic E-state index is 13.5. The maximum Gasteiger partial charge on any atom is 0.237 e. The summed E-state index contributed by atoms with van der Waals surface area (Å²) in [6, 6.07) is 29.2. The first-order valence-electron chi connectivity index (χ1n) is 12.7. The van der Waals surface area contributed by atoms with Crippen LogP contribution in [0.15, 0.2) is 91.0 Å². The number of carbonyl (C=O) groups excluding carboxylic acids is 1. The van der Waals surface area contributed by atoms with E-state index in [2.05, 4.69) is 45.7 Å². The lowest BCUT2D eigenvalue weighted by Crippen LogP contribution is -2.47. The molecule has 37 heavy (non-hydrogen) atoms. The highest BCUT2D eigenvalue weighted by molar-refractivity contribution is 6.74. The van der Waals surface area contributed by atoms with Crippen molar-refractivity contribution < 1.29 is 18.7 Å². The van der Waals surface area contributed by atoms with Gasteiger partial charge in [-0.3, -0.25) is 4.79 Å². The third kappa shape index (κ3) is 9.10. The Bertz CT molecular complexity index is 1160. The molecule has 5 heteroatoms. The molecule has 4 nitrogen and oxygen atoms in total. The van der Waals surface area contributed by atoms with E-state index in [4.69, 9.17) is 13.9 Å². The van der Waals surface area contributed by atoms with Crippen LogP contribution in [0.1, 0.15) is 37.5 Å². The Morgan fingerprint density at radius 3 is 1.78 bits per heavy atom. The summed E-state index contributed by atoms with van der Waals surface area (Å²) in [5, 5.41) is 0.0223. The van der Waals surface area contributed by atoms with Gasteiger partial charge in [-0.05, 0) is 47.3 Å². The summed E-state index contributed by atoms with van der Waals surface area (Å²) in [5.74, 6) is 5.46. The van der Waals surface area contributed by atoms with Gasteiger partial charge in [0.05, 0.1) is 19.8 Å². The maximum atomic E-state index is 13.5. The lowest BCUT2D eigenvalue weighted by molar-refractivity contribution is -0.143. The summed E-state index contributed by atoms with van der Waals surface area (Å²) in [6.07, 6.45) is -1.51. The molecule has 2 atom stereocenters. The molecular formula is C32H38O4Si. The smallest absolute Gasteiger partial charge is 0.237 e. The van der Waals surface area contributed by atoms with Crippen molar-refractivity contribution in [2.45, 2.75) is 64.3 Å². The average Bonchev–Trinajstić information content (AvgIpc) is 2.89. The van der Waals surface area contributed by atoms with E-state index in [1.165, 1.54) is 0 Å². The van der Waals surface area contributed by atoms with Crippen LogP contribution in [0.25, 0.3) is 0 Å². The summed E-state index contributed by atoms with van der Waals surface area (Å²) in [7, 11) is -2.10. The Morgan fingerprint density at radius 1 is 0.784 bits per heavy atom. The Kier molecular flexibility index (Phi) is 10.4. The molecule has 0 aliphatic carbocycles. The molecule has 0 radical (unpaired) electrons. The minimum atomic E-state index is -2.10. The van der Waals surface area contributed by atoms with Crippen LogP contribution in [0.4, 0.5) is 0 Å². The number of hydrogen-bond acceptors (Lipinski definition) is 4. The molecule has 0 fully saturated rings. The molecule has 194 valence electrons. The molecule has 0 bridgehead atoms. The molecule has 0 heterocycles. The standard InChI is InChI=1S/C32H38O4Si/c1-32(2,3)37(4,5)36-25-30(34-23-27-17-11-7-12-18-27)31(35-24-28-19-13-8-14-20-28)29(33)22-21-26-15-9-6-10-16-26/h6-20,30-31H,23-25H2,1-5H3/t30-,31-/m1/s1. The van der Waals surface area contributed by atoms with Crippen molar-refractivity contribution in [1.29, 1.82) is 0 Å². The lowest BCUT2D eigenvalue weighted by atomic mass is 10.1. The quantitative estimate of drug-likeness (QED) is 0.209. The largest absolute Gasteiger partial charge is 0.414 e. The molecular weight excluding hydrogens is 476 g/mol. The predicted molar refractivity (Wildman–Crippen MR) is 152 cm³/mol. The molecule has 0 N–H and O–H groups in total. The second-order valence-electron chi connectivity index (χ2n) is 10.6. The minimum Gasteiger partial charge on any atom is -0.414 e. The Labute approximate surface area is 223 Å². The van der Waals surface area contributed by atoms with E-state index in [0.29, 0.717) is 6.61 Å². The van der Waals surface area contributed by atoms with E-state index < -0.39 is 20.5 Å². The number of rotatable bonds is 11. The van der Waals surface area contributed by atoms with Gasteiger partial charge in [-0.2, -0.15) is 0 Å². The first-order chi connectivity index (χ1) is 17.7. The molecule has 3 aromatic rings. The number of ether oxygens (including phenoxy) is 2. The molecule has 0 aliphatic heterocycles. The van der Waals surface area contributed by atoms with Crippen molar-refractivity contribution in [3.05, 3.63) is 108 Å². The van der Waals surface area contributed by atoms with Crippen LogP contribution < -0.4 is 0 Å². The summed E-state index contributed by atoms with van der Waals surface area (Å²) in [5.41, 5.74) is 2.77. The zero-order valence-corrected chi connectivity index (χ0v) is 23.6. The number of Topliss-reactive ketones (excluding diaryl/α,β-unsaturated/α-hetero) is 1. The second kappa shape index (κ2) is 13.5. The Hall–Kier alpha value is -3.01. The molecule has 0 unspecified atom stereocenters. The fraction of sp³-hybridized carbons (Fsp3) is 0.344. The molecule has 0 spiro atoms. The third-order valence-electron chi connectivity index (χ3n) is 6.69. The molecule has 3 aromatic carbocycles. The van der Waals surface area contributed by atoms with Crippen LogP contribution in [0.2, 0.25) is 18.1 Å². The Morgan fingerprint density at radius 2 is 1.27 bits per heavy atom. The van der Waals surface area contributed by atoms with E-state index in [1.54, 1.807) is 0 Å². The predicted octanol–water partition coefficient (Wildman–Crippen LogP) is 6.80. The van der Waals surface area contributed by atoms with Gasteiger partial charge in [0.15, 0.2) is 14.4 Å². The summed E-state index contributed by atoms with van der Waals surface area (Å²) in [6.45, 7) is 11.8. The highest BCUT2D eigenvalue weighted by Crippen LogP contribution is 2.36. The van der Waals surface area contributed by atoms with Gasteiger partial charge in [-0.15, -0.1) is 0 Å². The van der Waals surface area contributed by atoms with Gasteiger partial charge in [0.2, 0.25) is 5.78 Å². The highest BCUT2D eigenvalue weighted by Gasteiger charge is 2.39. The zero-order chi connectivity index (χ0) is 26.7. The minimum absolute atomic E-state index is 0.0223. The van der Waals surface area contributed by atoms with E-state index >= 15 is 0 Å². The third-order valence-corrected chi connectivity index (χ3v) is 11.2. The molecule has 0 saturated carbocycles. The van der Waals surface area contributed by atoms with Gasteiger partial charge in [0, 0.05) is 5.56 Å². The summed E-state index contributed by atoms with van der Waals surface area (Å²) in [4.78, 5) is 13.5. The highest BCUT2D eigenvalue weighted by atomic mass is 28.4. The van der Waals surface area contributed by atoms with Gasteiger partial charge in [0.25, 0.3) is 0 Å². The monoisotopic (exact) mass is 514 g/mol. The number of ketones is 1. The Balaban J connectivity index is 1.87. The van der Waals surface area contributed by atoms with Crippen molar-refractivity contribution in [1.82, 2.24) is 0 Å². The van der Waals surface area contributed by atoms with Crippen molar-refractivity contribution in [3.63, 3.8) is 0 Å². The van der Waals surface area contributed by atoms with Gasteiger partial charge in [-0.1, -0.05) is 106 Å². The molecule has 0 saturated heterocycles. The van der Waals surface area contributed by atoms with E-state index in [-0.39, 0.29) is 24.0 Å². The van der Waals surface area contributed by atoms with Crippen LogP contribution in [0.5, 0.6) is 0 Å². The lowest BCUT2D eigenvalue weighted by Gasteiger charge is -2.38. The van der Waals surface area contributed by atoms with Crippen LogP contribution in [0.3, 0.4) is 0 Å². The molecule has 0 amide bonds. The van der Waals surface area contributed by atoms with E-state index in [9.17, 15) is 4.79 Å². The molecule has 0 aromatic heterocycles. The number of hydrogen-bond donors (Lipinski definition) is 0. The van der Waals surface area contributed by atoms with Crippen LogP contribution >= 0.6 is 0 Å². The van der Waals surface area contributed by atoms with Gasteiger partial charge in [0.1, 0.15) is 6.10 Å². The van der Waals surface area contributed by atoms with E-state index in [0.717, 1.165) is 16.7 Å². The van der Waals surface area contributed by atoms with Gasteiger partial charge >= 0.3 is 0 Å². The summed E-state index contributed by atoms with van der Waals surface area (Å²) < 4.78 is 19.1. The SMILES string of the molecule is CC(C)(C)[Si](C)(C)OC[C@@H](OCc1ccccc1)[C@H](OCc1ccccc1)C(=O)C#Cc1ccccc1.